The van der Waals surface area contributed by atoms with Crippen LogP contribution in [0.2, 0.25) is 5.02 Å². The molecule has 2 aromatic carbocycles. The van der Waals surface area contributed by atoms with Gasteiger partial charge in [-0.2, -0.15) is 0 Å². The second-order valence-electron chi connectivity index (χ2n) is 7.06. The zero-order valence-electron chi connectivity index (χ0n) is 18.3. The van der Waals surface area contributed by atoms with Crippen LogP contribution in [0, 0.1) is 17.0 Å². The number of nitrogens with zero attached hydrogens (tertiary/aromatic N) is 2. The first-order valence-electron chi connectivity index (χ1n) is 10.2. The van der Waals surface area contributed by atoms with E-state index in [-0.39, 0.29) is 35.1 Å². The first kappa shape index (κ1) is 24.6. The number of benzene rings is 2. The lowest BCUT2D eigenvalue weighted by molar-refractivity contribution is -0.384. The van der Waals surface area contributed by atoms with Crippen LogP contribution in [0.25, 0.3) is 10.9 Å². The van der Waals surface area contributed by atoms with E-state index in [1.54, 1.807) is 26.0 Å². The Hall–Kier alpha value is -4.05. The summed E-state index contributed by atoms with van der Waals surface area (Å²) in [6.07, 6.45) is 0. The van der Waals surface area contributed by atoms with Crippen LogP contribution in [0.5, 0.6) is 0 Å². The minimum Gasteiger partial charge on any atom is -0.462 e. The van der Waals surface area contributed by atoms with Crippen LogP contribution in [0.4, 0.5) is 5.69 Å². The lowest BCUT2D eigenvalue weighted by Crippen LogP contribution is -2.30. The van der Waals surface area contributed by atoms with Crippen LogP contribution < -0.4 is 5.32 Å². The molecule has 0 fully saturated rings. The molecule has 34 heavy (non-hydrogen) atoms. The number of ether oxygens (including phenoxy) is 2. The minimum atomic E-state index is -0.792. The smallest absolute Gasteiger partial charge is 0.340 e. The Morgan fingerprint density at radius 1 is 1.15 bits per heavy atom. The lowest BCUT2D eigenvalue weighted by atomic mass is 10.0. The maximum absolute atomic E-state index is 12.5. The number of amides is 1. The fraction of sp³-hybridized carbons (Fsp3) is 0.217. The van der Waals surface area contributed by atoms with E-state index in [0.717, 1.165) is 11.5 Å². The van der Waals surface area contributed by atoms with Gasteiger partial charge in [0.25, 0.3) is 11.6 Å². The van der Waals surface area contributed by atoms with Crippen LogP contribution in [-0.4, -0.2) is 40.9 Å². The summed E-state index contributed by atoms with van der Waals surface area (Å²) < 4.78 is 10.3. The van der Waals surface area contributed by atoms with Crippen molar-refractivity contribution in [1.82, 2.24) is 10.3 Å². The van der Waals surface area contributed by atoms with Crippen LogP contribution in [-0.2, 0) is 20.9 Å². The molecule has 1 aromatic heterocycles. The number of halogens is 1. The molecule has 3 aromatic rings. The number of nitro groups is 1. The number of pyridine rings is 1. The summed E-state index contributed by atoms with van der Waals surface area (Å²) in [5.74, 6) is -2.09. The molecule has 10 nitrogen and oxygen atoms in total. The van der Waals surface area contributed by atoms with Crippen molar-refractivity contribution >= 4 is 46.0 Å². The average molecular weight is 486 g/mol. The van der Waals surface area contributed by atoms with E-state index in [1.165, 1.54) is 12.1 Å². The van der Waals surface area contributed by atoms with E-state index in [4.69, 9.17) is 21.1 Å². The molecular weight excluding hydrogens is 466 g/mol. The van der Waals surface area contributed by atoms with E-state index in [2.05, 4.69) is 10.3 Å². The van der Waals surface area contributed by atoms with E-state index in [1.807, 2.05) is 12.1 Å². The van der Waals surface area contributed by atoms with Gasteiger partial charge in [-0.25, -0.2) is 9.78 Å². The van der Waals surface area contributed by atoms with Gasteiger partial charge >= 0.3 is 11.9 Å². The molecule has 11 heteroatoms. The van der Waals surface area contributed by atoms with Gasteiger partial charge in [-0.3, -0.25) is 19.7 Å². The van der Waals surface area contributed by atoms with Gasteiger partial charge in [-0.05, 0) is 37.6 Å². The topological polar surface area (TPSA) is 138 Å². The van der Waals surface area contributed by atoms with Crippen molar-refractivity contribution in [3.8, 4) is 0 Å². The van der Waals surface area contributed by atoms with Gasteiger partial charge in [0.1, 0.15) is 18.2 Å². The van der Waals surface area contributed by atoms with Crippen molar-refractivity contribution in [3.05, 3.63) is 80.0 Å². The number of nitro benzene ring substituents is 1. The summed E-state index contributed by atoms with van der Waals surface area (Å²) in [7, 11) is 0. The van der Waals surface area contributed by atoms with Crippen LogP contribution >= 0.6 is 11.6 Å². The third kappa shape index (κ3) is 5.46. The molecule has 1 heterocycles. The highest BCUT2D eigenvalue weighted by Gasteiger charge is 2.21. The summed E-state index contributed by atoms with van der Waals surface area (Å²) >= 11 is 5.74. The van der Waals surface area contributed by atoms with E-state index < -0.39 is 35.0 Å². The molecule has 1 amide bonds. The number of fused-ring (bicyclic) bond motifs is 1. The van der Waals surface area contributed by atoms with Gasteiger partial charge in [0.15, 0.2) is 0 Å². The standard InChI is InChI=1S/C23H20ClN3O7/c1-3-33-23(30)21-13(2)15-6-4-5-7-17(15)26-18(21)12-34-20(28)11-25-22(29)14-8-9-16(24)19(10-14)27(31)32/h4-10H,3,11-12H2,1-2H3,(H,25,29). The van der Waals surface area contributed by atoms with E-state index >= 15 is 0 Å². The molecule has 0 spiro atoms. The summed E-state index contributed by atoms with van der Waals surface area (Å²) in [6.45, 7) is 2.78. The number of hydrogen-bond acceptors (Lipinski definition) is 8. The molecule has 0 unspecified atom stereocenters. The van der Waals surface area contributed by atoms with E-state index in [0.29, 0.717) is 11.1 Å². The van der Waals surface area contributed by atoms with Crippen LogP contribution in [0.3, 0.4) is 0 Å². The Labute approximate surface area is 199 Å². The van der Waals surface area contributed by atoms with Crippen molar-refractivity contribution in [1.29, 1.82) is 0 Å². The van der Waals surface area contributed by atoms with Gasteiger partial charge < -0.3 is 14.8 Å². The Kier molecular flexibility index (Phi) is 7.75. The Morgan fingerprint density at radius 3 is 2.59 bits per heavy atom. The van der Waals surface area contributed by atoms with Gasteiger partial charge in [-0.15, -0.1) is 0 Å². The molecule has 176 valence electrons. The molecule has 0 aliphatic rings. The number of esters is 2. The second-order valence-corrected chi connectivity index (χ2v) is 7.47. The number of para-hydroxylation sites is 1. The highest BCUT2D eigenvalue weighted by molar-refractivity contribution is 6.32. The summed E-state index contributed by atoms with van der Waals surface area (Å²) in [5, 5.41) is 14.0. The normalized spacial score (nSPS) is 10.6. The zero-order valence-corrected chi connectivity index (χ0v) is 19.0. The predicted molar refractivity (Wildman–Crippen MR) is 123 cm³/mol. The fourth-order valence-corrected chi connectivity index (χ4v) is 3.45. The van der Waals surface area contributed by atoms with Crippen molar-refractivity contribution < 1.29 is 28.8 Å². The first-order chi connectivity index (χ1) is 16.2. The van der Waals surface area contributed by atoms with Crippen LogP contribution in [0.15, 0.2) is 42.5 Å². The van der Waals surface area contributed by atoms with Crippen molar-refractivity contribution in [2.24, 2.45) is 0 Å². The highest BCUT2D eigenvalue weighted by Crippen LogP contribution is 2.25. The van der Waals surface area contributed by atoms with E-state index in [9.17, 15) is 24.5 Å². The Morgan fingerprint density at radius 2 is 1.88 bits per heavy atom. The highest BCUT2D eigenvalue weighted by atomic mass is 35.5. The third-order valence-electron chi connectivity index (χ3n) is 4.87. The quantitative estimate of drug-likeness (QED) is 0.289. The zero-order chi connectivity index (χ0) is 24.8. The minimum absolute atomic E-state index is 0.0414. The largest absolute Gasteiger partial charge is 0.462 e. The van der Waals surface area contributed by atoms with Crippen molar-refractivity contribution in [3.63, 3.8) is 0 Å². The maximum atomic E-state index is 12.5. The Balaban J connectivity index is 1.71. The average Bonchev–Trinajstić information content (AvgIpc) is 2.81. The molecule has 0 saturated heterocycles. The third-order valence-corrected chi connectivity index (χ3v) is 5.19. The summed E-state index contributed by atoms with van der Waals surface area (Å²) in [5.41, 5.74) is 1.24. The number of nitrogens with one attached hydrogen (secondary N) is 1. The molecule has 0 aliphatic carbocycles. The lowest BCUT2D eigenvalue weighted by Gasteiger charge is -2.14. The van der Waals surface area contributed by atoms with Gasteiger partial charge in [0.2, 0.25) is 0 Å². The monoisotopic (exact) mass is 485 g/mol. The molecular formula is C23H20ClN3O7. The number of aromatic nitrogens is 1. The van der Waals surface area contributed by atoms with Gasteiger partial charge in [0, 0.05) is 17.0 Å². The Bertz CT molecular complexity index is 1290. The predicted octanol–water partition coefficient (Wildman–Crippen LogP) is 3.75. The fourth-order valence-electron chi connectivity index (χ4n) is 3.27. The number of aryl methyl sites for hydroxylation is 1. The van der Waals surface area contributed by atoms with Crippen molar-refractivity contribution in [2.75, 3.05) is 13.2 Å². The van der Waals surface area contributed by atoms with Crippen LogP contribution in [0.1, 0.15) is 38.9 Å². The molecule has 0 radical (unpaired) electrons. The van der Waals surface area contributed by atoms with Gasteiger partial charge in [-0.1, -0.05) is 29.8 Å². The number of carbonyl (C=O) groups excluding carboxylic acids is 3. The summed E-state index contributed by atoms with van der Waals surface area (Å²) in [4.78, 5) is 51.7. The molecule has 0 atom stereocenters. The molecule has 0 saturated carbocycles. The molecule has 3 rings (SSSR count). The molecule has 0 bridgehead atoms. The SMILES string of the molecule is CCOC(=O)c1c(COC(=O)CNC(=O)c2ccc(Cl)c([N+](=O)[O-])c2)nc2ccccc2c1C. The first-order valence-corrected chi connectivity index (χ1v) is 10.5. The second kappa shape index (κ2) is 10.7. The number of carbonyl (C=O) groups is 3. The number of hydrogen-bond donors (Lipinski definition) is 1. The summed E-state index contributed by atoms with van der Waals surface area (Å²) in [6, 6.07) is 10.7. The maximum Gasteiger partial charge on any atom is 0.340 e. The number of rotatable bonds is 8. The van der Waals surface area contributed by atoms with Crippen molar-refractivity contribution in [2.45, 2.75) is 20.5 Å². The van der Waals surface area contributed by atoms with Gasteiger partial charge in [0.05, 0.1) is 28.3 Å². The molecule has 0 aliphatic heterocycles. The molecule has 1 N–H and O–H groups in total.